The zero-order valence-electron chi connectivity index (χ0n) is 14.4. The molecule has 1 saturated heterocycles. The third-order valence-electron chi connectivity index (χ3n) is 4.54. The van der Waals surface area contributed by atoms with Crippen LogP contribution in [0.2, 0.25) is 0 Å². The van der Waals surface area contributed by atoms with Gasteiger partial charge >= 0.3 is 0 Å². The zero-order valence-corrected chi connectivity index (χ0v) is 14.4. The Balaban J connectivity index is 1.63. The Hall–Kier alpha value is -2.41. The molecule has 25 heavy (non-hydrogen) atoms. The molecule has 0 N–H and O–H groups in total. The number of aromatic nitrogens is 2. The van der Waals surface area contributed by atoms with E-state index in [-0.39, 0.29) is 11.7 Å². The number of hydrogen-bond acceptors (Lipinski definition) is 4. The van der Waals surface area contributed by atoms with E-state index in [0.29, 0.717) is 37.6 Å². The van der Waals surface area contributed by atoms with E-state index in [1.54, 1.807) is 41.1 Å². The summed E-state index contributed by atoms with van der Waals surface area (Å²) in [6.07, 6.45) is 2.47. The van der Waals surface area contributed by atoms with Gasteiger partial charge in [0.15, 0.2) is 0 Å². The molecule has 0 aliphatic carbocycles. The lowest BCUT2D eigenvalue weighted by atomic mass is 10.0. The van der Waals surface area contributed by atoms with Crippen LogP contribution < -0.4 is 4.74 Å². The summed E-state index contributed by atoms with van der Waals surface area (Å²) >= 11 is 0. The number of aryl methyl sites for hydroxylation is 1. The highest BCUT2D eigenvalue weighted by atomic mass is 19.1. The molecule has 1 fully saturated rings. The van der Waals surface area contributed by atoms with E-state index in [2.05, 4.69) is 5.10 Å². The van der Waals surface area contributed by atoms with Crippen LogP contribution in [0.5, 0.6) is 5.75 Å². The lowest BCUT2D eigenvalue weighted by molar-refractivity contribution is -0.0343. The smallest absolute Gasteiger partial charge is 0.274 e. The molecular weight excluding hydrogens is 325 g/mol. The summed E-state index contributed by atoms with van der Waals surface area (Å²) in [5, 5.41) is 4.27. The second-order valence-electron chi connectivity index (χ2n) is 6.16. The fraction of sp³-hybridized carbons (Fsp3) is 0.444. The lowest BCUT2D eigenvalue weighted by Crippen LogP contribution is -2.42. The van der Waals surface area contributed by atoms with Crippen molar-refractivity contribution in [3.8, 4) is 5.75 Å². The van der Waals surface area contributed by atoms with E-state index in [9.17, 15) is 9.18 Å². The largest absolute Gasteiger partial charge is 0.491 e. The van der Waals surface area contributed by atoms with Gasteiger partial charge in [0.2, 0.25) is 0 Å². The van der Waals surface area contributed by atoms with Crippen molar-refractivity contribution in [3.05, 3.63) is 48.0 Å². The minimum absolute atomic E-state index is 0.104. The number of rotatable bonds is 6. The van der Waals surface area contributed by atoms with Crippen molar-refractivity contribution >= 4 is 5.91 Å². The molecule has 0 bridgehead atoms. The van der Waals surface area contributed by atoms with Crippen LogP contribution in [-0.4, -0.2) is 53.0 Å². The summed E-state index contributed by atoms with van der Waals surface area (Å²) in [6.45, 7) is 4.00. The monoisotopic (exact) mass is 347 g/mol. The molecule has 0 saturated carbocycles. The summed E-state index contributed by atoms with van der Waals surface area (Å²) in [6, 6.07) is 7.59. The Morgan fingerprint density at radius 2 is 2.08 bits per heavy atom. The number of hydrogen-bond donors (Lipinski definition) is 0. The van der Waals surface area contributed by atoms with Crippen molar-refractivity contribution in [2.24, 2.45) is 0 Å². The van der Waals surface area contributed by atoms with Crippen molar-refractivity contribution in [1.29, 1.82) is 0 Å². The van der Waals surface area contributed by atoms with Crippen LogP contribution in [0, 0.1) is 5.82 Å². The van der Waals surface area contributed by atoms with Gasteiger partial charge in [0.25, 0.3) is 5.91 Å². The molecule has 6 nitrogen and oxygen atoms in total. The van der Waals surface area contributed by atoms with Gasteiger partial charge in [-0.05, 0) is 43.7 Å². The minimum atomic E-state index is -0.572. The highest BCUT2D eigenvalue weighted by Gasteiger charge is 2.41. The number of ether oxygens (including phenoxy) is 2. The average molecular weight is 347 g/mol. The number of amides is 1. The minimum Gasteiger partial charge on any atom is -0.491 e. The fourth-order valence-electron chi connectivity index (χ4n) is 2.92. The third kappa shape index (κ3) is 3.82. The Kier molecular flexibility index (Phi) is 5.03. The van der Waals surface area contributed by atoms with Crippen molar-refractivity contribution in [2.75, 3.05) is 26.8 Å². The maximum Gasteiger partial charge on any atom is 0.274 e. The van der Waals surface area contributed by atoms with Gasteiger partial charge in [-0.25, -0.2) is 4.39 Å². The molecule has 0 unspecified atom stereocenters. The number of nitrogens with zero attached hydrogens (tertiary/aromatic N) is 3. The zero-order chi connectivity index (χ0) is 17.9. The van der Waals surface area contributed by atoms with Gasteiger partial charge in [0.1, 0.15) is 29.5 Å². The summed E-state index contributed by atoms with van der Waals surface area (Å²) < 4.78 is 26.1. The van der Waals surface area contributed by atoms with Gasteiger partial charge in [-0.3, -0.25) is 9.48 Å². The maximum atomic E-state index is 13.0. The molecule has 1 atom stereocenters. The highest BCUT2D eigenvalue weighted by Crippen LogP contribution is 2.27. The SMILES string of the molecule is CCn1ccc(C(=O)N2CC[C@](COc3ccc(F)cc3)(OC)C2)n1. The molecule has 0 spiro atoms. The quantitative estimate of drug-likeness (QED) is 0.805. The van der Waals surface area contributed by atoms with Crippen molar-refractivity contribution in [1.82, 2.24) is 14.7 Å². The molecule has 1 amide bonds. The summed E-state index contributed by atoms with van der Waals surface area (Å²) in [4.78, 5) is 14.3. The fourth-order valence-corrected chi connectivity index (χ4v) is 2.92. The van der Waals surface area contributed by atoms with E-state index in [1.807, 2.05) is 6.92 Å². The number of likely N-dealkylation sites (tertiary alicyclic amines) is 1. The predicted octanol–water partition coefficient (Wildman–Crippen LogP) is 2.35. The van der Waals surface area contributed by atoms with Crippen LogP contribution in [0.4, 0.5) is 4.39 Å². The molecule has 134 valence electrons. The number of carbonyl (C=O) groups excluding carboxylic acids is 1. The van der Waals surface area contributed by atoms with Gasteiger partial charge in [0, 0.05) is 26.4 Å². The Labute approximate surface area is 146 Å². The first-order valence-corrected chi connectivity index (χ1v) is 8.31. The second kappa shape index (κ2) is 7.23. The molecule has 2 heterocycles. The number of methoxy groups -OCH3 is 1. The number of benzene rings is 1. The molecule has 7 heteroatoms. The van der Waals surface area contributed by atoms with Gasteiger partial charge < -0.3 is 14.4 Å². The second-order valence-corrected chi connectivity index (χ2v) is 6.16. The van der Waals surface area contributed by atoms with Gasteiger partial charge in [0.05, 0.1) is 6.54 Å². The van der Waals surface area contributed by atoms with Crippen LogP contribution in [0.25, 0.3) is 0 Å². The summed E-state index contributed by atoms with van der Waals surface area (Å²) in [5.74, 6) is 0.162. The van der Waals surface area contributed by atoms with Crippen LogP contribution in [0.15, 0.2) is 36.5 Å². The molecule has 1 aliphatic rings. The topological polar surface area (TPSA) is 56.6 Å². The van der Waals surface area contributed by atoms with Crippen LogP contribution in [0.1, 0.15) is 23.8 Å². The number of halogens is 1. The van der Waals surface area contributed by atoms with E-state index in [1.165, 1.54) is 12.1 Å². The summed E-state index contributed by atoms with van der Waals surface area (Å²) in [7, 11) is 1.62. The maximum absolute atomic E-state index is 13.0. The van der Waals surface area contributed by atoms with Crippen LogP contribution in [-0.2, 0) is 11.3 Å². The molecule has 1 aromatic carbocycles. The van der Waals surface area contributed by atoms with E-state index in [0.717, 1.165) is 6.54 Å². The molecular formula is C18H22FN3O3. The van der Waals surface area contributed by atoms with Crippen molar-refractivity contribution < 1.29 is 18.7 Å². The van der Waals surface area contributed by atoms with E-state index < -0.39 is 5.60 Å². The molecule has 1 aromatic heterocycles. The molecule has 0 radical (unpaired) electrons. The predicted molar refractivity (Wildman–Crippen MR) is 90.1 cm³/mol. The first kappa shape index (κ1) is 17.4. The van der Waals surface area contributed by atoms with Crippen molar-refractivity contribution in [2.45, 2.75) is 25.5 Å². The van der Waals surface area contributed by atoms with Crippen molar-refractivity contribution in [3.63, 3.8) is 0 Å². The van der Waals surface area contributed by atoms with Crippen LogP contribution >= 0.6 is 0 Å². The summed E-state index contributed by atoms with van der Waals surface area (Å²) in [5.41, 5.74) is -0.134. The Morgan fingerprint density at radius 1 is 1.32 bits per heavy atom. The molecule has 2 aromatic rings. The average Bonchev–Trinajstić information content (AvgIpc) is 3.28. The molecule has 1 aliphatic heterocycles. The van der Waals surface area contributed by atoms with Gasteiger partial charge in [-0.1, -0.05) is 0 Å². The van der Waals surface area contributed by atoms with Crippen LogP contribution in [0.3, 0.4) is 0 Å². The Bertz CT molecular complexity index is 731. The first-order valence-electron chi connectivity index (χ1n) is 8.31. The third-order valence-corrected chi connectivity index (χ3v) is 4.54. The highest BCUT2D eigenvalue weighted by molar-refractivity contribution is 5.92. The Morgan fingerprint density at radius 3 is 2.72 bits per heavy atom. The molecule has 3 rings (SSSR count). The van der Waals surface area contributed by atoms with E-state index in [4.69, 9.17) is 9.47 Å². The van der Waals surface area contributed by atoms with E-state index >= 15 is 0 Å². The standard InChI is InChI=1S/C18H22FN3O3/c1-3-22-10-8-16(20-22)17(23)21-11-9-18(12-21,24-2)13-25-15-6-4-14(19)5-7-15/h4-8,10H,3,9,11-13H2,1-2H3/t18-/m0/s1. The number of carbonyl (C=O) groups is 1. The van der Waals surface area contributed by atoms with Gasteiger partial charge in [-0.15, -0.1) is 0 Å². The first-order chi connectivity index (χ1) is 12.0. The lowest BCUT2D eigenvalue weighted by Gasteiger charge is -2.27. The normalized spacial score (nSPS) is 20.0. The van der Waals surface area contributed by atoms with Gasteiger partial charge in [-0.2, -0.15) is 5.10 Å².